The van der Waals surface area contributed by atoms with Crippen molar-refractivity contribution in [2.45, 2.75) is 5.38 Å². The molecule has 60 valence electrons. The fourth-order valence-electron chi connectivity index (χ4n) is 0.266. The lowest BCUT2D eigenvalue weighted by molar-refractivity contribution is -0.140. The van der Waals surface area contributed by atoms with Gasteiger partial charge in [-0.15, -0.1) is 23.2 Å². The Balaban J connectivity index is 3.26. The van der Waals surface area contributed by atoms with E-state index in [1.54, 1.807) is 0 Å². The Morgan fingerprint density at radius 2 is 2.30 bits per heavy atom. The van der Waals surface area contributed by atoms with Gasteiger partial charge in [0.1, 0.15) is 11.9 Å². The molecule has 10 heavy (non-hydrogen) atoms. The van der Waals surface area contributed by atoms with Crippen molar-refractivity contribution < 1.29 is 9.53 Å². The van der Waals surface area contributed by atoms with E-state index in [0.717, 1.165) is 0 Å². The van der Waals surface area contributed by atoms with E-state index < -0.39 is 0 Å². The molecule has 0 aliphatic carbocycles. The van der Waals surface area contributed by atoms with Gasteiger partial charge in [0.05, 0.1) is 5.38 Å². The van der Waals surface area contributed by atoms with Crippen LogP contribution in [0.15, 0.2) is 0 Å². The number of rotatable bonds is 4. The molecule has 0 aliphatic heterocycles. The zero-order valence-electron chi connectivity index (χ0n) is 5.15. The SMILES string of the molecule is O=C(CBr)OCC(Cl)CCl. The van der Waals surface area contributed by atoms with Gasteiger partial charge < -0.3 is 4.74 Å². The van der Waals surface area contributed by atoms with Crippen LogP contribution in [0, 0.1) is 0 Å². The van der Waals surface area contributed by atoms with E-state index in [4.69, 9.17) is 23.2 Å². The molecule has 0 heterocycles. The van der Waals surface area contributed by atoms with Crippen LogP contribution in [0.2, 0.25) is 0 Å². The van der Waals surface area contributed by atoms with Gasteiger partial charge in [0, 0.05) is 5.88 Å². The Labute approximate surface area is 77.9 Å². The lowest BCUT2D eigenvalue weighted by atomic mass is 10.5. The normalized spacial score (nSPS) is 12.7. The Morgan fingerprint density at radius 1 is 1.70 bits per heavy atom. The summed E-state index contributed by atoms with van der Waals surface area (Å²) >= 11 is 13.8. The van der Waals surface area contributed by atoms with Crippen LogP contribution in [-0.2, 0) is 9.53 Å². The Kier molecular flexibility index (Phi) is 6.59. The molecule has 0 aromatic rings. The third kappa shape index (κ3) is 5.33. The standard InChI is InChI=1S/C5H7BrCl2O2/c6-1-5(9)10-3-4(8)2-7/h4H,1-3H2. The molecular formula is C5H7BrCl2O2. The van der Waals surface area contributed by atoms with Crippen molar-refractivity contribution in [2.24, 2.45) is 0 Å². The van der Waals surface area contributed by atoms with Crippen LogP contribution in [0.25, 0.3) is 0 Å². The summed E-state index contributed by atoms with van der Waals surface area (Å²) in [4.78, 5) is 10.5. The molecule has 0 fully saturated rings. The minimum absolute atomic E-state index is 0.176. The lowest BCUT2D eigenvalue weighted by Crippen LogP contribution is -2.15. The average molecular weight is 250 g/mol. The number of carbonyl (C=O) groups is 1. The maximum absolute atomic E-state index is 10.5. The first-order valence-corrected chi connectivity index (χ1v) is 4.71. The maximum atomic E-state index is 10.5. The second-order valence-corrected chi connectivity index (χ2v) is 3.05. The number of hydrogen-bond donors (Lipinski definition) is 0. The van der Waals surface area contributed by atoms with Crippen molar-refractivity contribution in [1.82, 2.24) is 0 Å². The van der Waals surface area contributed by atoms with E-state index in [-0.39, 0.29) is 29.2 Å². The zero-order chi connectivity index (χ0) is 7.98. The monoisotopic (exact) mass is 248 g/mol. The summed E-state index contributed by atoms with van der Waals surface area (Å²) in [6.45, 7) is 0.176. The summed E-state index contributed by atoms with van der Waals surface area (Å²) in [5, 5.41) is -0.0940. The van der Waals surface area contributed by atoms with E-state index in [9.17, 15) is 4.79 Å². The third-order valence-electron chi connectivity index (χ3n) is 0.702. The largest absolute Gasteiger partial charge is 0.463 e. The highest BCUT2D eigenvalue weighted by molar-refractivity contribution is 9.09. The number of alkyl halides is 3. The lowest BCUT2D eigenvalue weighted by Gasteiger charge is -2.04. The van der Waals surface area contributed by atoms with Crippen molar-refractivity contribution in [3.05, 3.63) is 0 Å². The van der Waals surface area contributed by atoms with Crippen LogP contribution in [0.3, 0.4) is 0 Å². The van der Waals surface area contributed by atoms with Crippen LogP contribution >= 0.6 is 39.1 Å². The fraction of sp³-hybridized carbons (Fsp3) is 0.800. The van der Waals surface area contributed by atoms with Gasteiger partial charge in [-0.1, -0.05) is 15.9 Å². The van der Waals surface area contributed by atoms with E-state index in [0.29, 0.717) is 0 Å². The maximum Gasteiger partial charge on any atom is 0.316 e. The van der Waals surface area contributed by atoms with Crippen molar-refractivity contribution in [3.63, 3.8) is 0 Å². The Morgan fingerprint density at radius 3 is 2.70 bits per heavy atom. The number of halogens is 3. The van der Waals surface area contributed by atoms with Gasteiger partial charge in [-0.05, 0) is 0 Å². The quantitative estimate of drug-likeness (QED) is 0.561. The van der Waals surface area contributed by atoms with Crippen molar-refractivity contribution in [3.8, 4) is 0 Å². The van der Waals surface area contributed by atoms with Gasteiger partial charge in [-0.2, -0.15) is 0 Å². The average Bonchev–Trinajstić information content (AvgIpc) is 1.99. The molecule has 1 unspecified atom stereocenters. The minimum atomic E-state index is -0.323. The van der Waals surface area contributed by atoms with Crippen LogP contribution in [0.1, 0.15) is 0 Å². The molecule has 0 amide bonds. The third-order valence-corrected chi connectivity index (χ3v) is 1.97. The van der Waals surface area contributed by atoms with Gasteiger partial charge in [0.2, 0.25) is 0 Å². The summed E-state index contributed by atoms with van der Waals surface area (Å²) < 4.78 is 4.64. The number of carbonyl (C=O) groups excluding carboxylic acids is 1. The Bertz CT molecular complexity index is 110. The minimum Gasteiger partial charge on any atom is -0.463 e. The summed E-state index contributed by atoms with van der Waals surface area (Å²) in [5.74, 6) is -0.0346. The smallest absolute Gasteiger partial charge is 0.316 e. The molecule has 0 aliphatic rings. The van der Waals surface area contributed by atoms with Gasteiger partial charge >= 0.3 is 5.97 Å². The predicted molar refractivity (Wildman–Crippen MR) is 45.1 cm³/mol. The molecule has 0 aromatic carbocycles. The second kappa shape index (κ2) is 6.25. The number of esters is 1. The number of hydrogen-bond acceptors (Lipinski definition) is 2. The van der Waals surface area contributed by atoms with Crippen molar-refractivity contribution in [2.75, 3.05) is 17.8 Å². The first kappa shape index (κ1) is 10.5. The molecule has 0 aromatic heterocycles. The summed E-state index contributed by atoms with van der Waals surface area (Å²) in [7, 11) is 0. The van der Waals surface area contributed by atoms with E-state index in [1.807, 2.05) is 0 Å². The highest BCUT2D eigenvalue weighted by Gasteiger charge is 2.05. The first-order valence-electron chi connectivity index (χ1n) is 2.62. The van der Waals surface area contributed by atoms with Crippen LogP contribution in [-0.4, -0.2) is 29.2 Å². The van der Waals surface area contributed by atoms with Gasteiger partial charge in [-0.25, -0.2) is 0 Å². The van der Waals surface area contributed by atoms with Crippen molar-refractivity contribution >= 4 is 45.1 Å². The van der Waals surface area contributed by atoms with Crippen LogP contribution in [0.4, 0.5) is 0 Å². The van der Waals surface area contributed by atoms with Gasteiger partial charge in [-0.3, -0.25) is 4.79 Å². The summed E-state index contributed by atoms with van der Waals surface area (Å²) in [6, 6.07) is 0. The Hall–Kier alpha value is 0.530. The zero-order valence-corrected chi connectivity index (χ0v) is 8.25. The van der Waals surface area contributed by atoms with Crippen LogP contribution < -0.4 is 0 Å². The first-order chi connectivity index (χ1) is 4.70. The molecule has 0 saturated carbocycles. The molecule has 0 rings (SSSR count). The molecular weight excluding hydrogens is 243 g/mol. The van der Waals surface area contributed by atoms with E-state index in [2.05, 4.69) is 20.7 Å². The topological polar surface area (TPSA) is 26.3 Å². The van der Waals surface area contributed by atoms with Crippen molar-refractivity contribution in [1.29, 1.82) is 0 Å². The molecule has 5 heteroatoms. The molecule has 0 saturated heterocycles. The molecule has 0 radical (unpaired) electrons. The molecule has 0 bridgehead atoms. The number of ether oxygens (including phenoxy) is 1. The highest BCUT2D eigenvalue weighted by atomic mass is 79.9. The second-order valence-electron chi connectivity index (χ2n) is 1.57. The summed E-state index contributed by atoms with van der Waals surface area (Å²) in [5.41, 5.74) is 0. The fourth-order valence-corrected chi connectivity index (χ4v) is 0.580. The van der Waals surface area contributed by atoms with E-state index >= 15 is 0 Å². The van der Waals surface area contributed by atoms with E-state index in [1.165, 1.54) is 0 Å². The highest BCUT2D eigenvalue weighted by Crippen LogP contribution is 1.99. The summed E-state index contributed by atoms with van der Waals surface area (Å²) in [6.07, 6.45) is 0. The predicted octanol–water partition coefficient (Wildman–Crippen LogP) is 1.77. The molecule has 0 N–H and O–H groups in total. The molecule has 1 atom stereocenters. The molecule has 0 spiro atoms. The van der Waals surface area contributed by atoms with Crippen LogP contribution in [0.5, 0.6) is 0 Å². The molecule has 2 nitrogen and oxygen atoms in total. The van der Waals surface area contributed by atoms with Gasteiger partial charge in [0.15, 0.2) is 0 Å². The van der Waals surface area contributed by atoms with Gasteiger partial charge in [0.25, 0.3) is 0 Å².